The number of benzene rings is 2. The lowest BCUT2D eigenvalue weighted by atomic mass is 10.2. The molecule has 1 amide bonds. The Balaban J connectivity index is 1.98. The number of aryl methyl sites for hydroxylation is 1. The minimum absolute atomic E-state index is 0.0690. The fourth-order valence-electron chi connectivity index (χ4n) is 2.93. The van der Waals surface area contributed by atoms with E-state index in [9.17, 15) is 26.4 Å². The van der Waals surface area contributed by atoms with Crippen molar-refractivity contribution in [3.63, 3.8) is 0 Å². The second kappa shape index (κ2) is 9.80. The quantitative estimate of drug-likeness (QED) is 0.518. The highest BCUT2D eigenvalue weighted by Gasteiger charge is 2.35. The number of hydrogen-bond acceptors (Lipinski definition) is 4. The number of amides is 1. The van der Waals surface area contributed by atoms with Crippen molar-refractivity contribution >= 4 is 33.2 Å². The van der Waals surface area contributed by atoms with Gasteiger partial charge in [0.15, 0.2) is 0 Å². The number of alkyl halides is 3. The summed E-state index contributed by atoms with van der Waals surface area (Å²) in [7, 11) is -4.37. The first-order chi connectivity index (χ1) is 15.5. The maximum Gasteiger partial charge on any atom is 0.417 e. The van der Waals surface area contributed by atoms with Gasteiger partial charge >= 0.3 is 6.18 Å². The topological polar surface area (TPSA) is 79.4 Å². The van der Waals surface area contributed by atoms with Crippen molar-refractivity contribution in [3.8, 4) is 0 Å². The van der Waals surface area contributed by atoms with Gasteiger partial charge in [0.05, 0.1) is 21.2 Å². The molecule has 33 heavy (non-hydrogen) atoms. The Labute approximate surface area is 194 Å². The molecule has 0 saturated heterocycles. The Morgan fingerprint density at radius 3 is 2.42 bits per heavy atom. The van der Waals surface area contributed by atoms with Gasteiger partial charge in [-0.05, 0) is 48.9 Å². The van der Waals surface area contributed by atoms with Crippen LogP contribution in [0.25, 0.3) is 0 Å². The molecule has 0 saturated carbocycles. The number of hydrogen-bond donors (Lipinski definition) is 1. The van der Waals surface area contributed by atoms with E-state index < -0.39 is 39.2 Å². The molecule has 11 heteroatoms. The normalized spacial score (nSPS) is 11.8. The fourth-order valence-corrected chi connectivity index (χ4v) is 4.57. The van der Waals surface area contributed by atoms with Crippen LogP contribution in [0, 0.1) is 6.92 Å². The number of rotatable bonds is 7. The smallest absolute Gasteiger partial charge is 0.350 e. The SMILES string of the molecule is Cc1ccc(S(=O)(=O)N(CC(=O)NCc2cccnc2)c2ccc(Cl)c(C(F)(F)F)c2)cc1. The number of carbonyl (C=O) groups excluding carboxylic acids is 1. The number of nitrogens with one attached hydrogen (secondary N) is 1. The summed E-state index contributed by atoms with van der Waals surface area (Å²) in [6.45, 7) is 1.09. The van der Waals surface area contributed by atoms with Gasteiger partial charge in [0.2, 0.25) is 5.91 Å². The molecule has 0 aliphatic heterocycles. The number of carbonyl (C=O) groups is 1. The maximum atomic E-state index is 13.4. The molecule has 1 N–H and O–H groups in total. The standard InChI is InChI=1S/C22H19ClF3N3O3S/c1-15-4-7-18(8-5-15)33(31,32)29(14-21(30)28-13-16-3-2-10-27-12-16)17-6-9-20(23)19(11-17)22(24,25)26/h2-12H,13-14H2,1H3,(H,28,30). The summed E-state index contributed by atoms with van der Waals surface area (Å²) in [5.41, 5.74) is -0.0874. The Morgan fingerprint density at radius 2 is 1.82 bits per heavy atom. The van der Waals surface area contributed by atoms with Gasteiger partial charge in [0.25, 0.3) is 10.0 Å². The molecular formula is C22H19ClF3N3O3S. The van der Waals surface area contributed by atoms with Crippen LogP contribution < -0.4 is 9.62 Å². The molecule has 3 aromatic rings. The van der Waals surface area contributed by atoms with Crippen LogP contribution in [0.1, 0.15) is 16.7 Å². The second-order valence-electron chi connectivity index (χ2n) is 7.12. The fraction of sp³-hybridized carbons (Fsp3) is 0.182. The third-order valence-electron chi connectivity index (χ3n) is 4.65. The molecule has 6 nitrogen and oxygen atoms in total. The lowest BCUT2D eigenvalue weighted by Crippen LogP contribution is -2.40. The zero-order valence-electron chi connectivity index (χ0n) is 17.3. The van der Waals surface area contributed by atoms with Gasteiger partial charge in [-0.15, -0.1) is 0 Å². The molecule has 0 aliphatic carbocycles. The van der Waals surface area contributed by atoms with Crippen LogP contribution >= 0.6 is 11.6 Å². The van der Waals surface area contributed by atoms with Crippen LogP contribution in [0.15, 0.2) is 71.9 Å². The first-order valence-corrected chi connectivity index (χ1v) is 11.4. The van der Waals surface area contributed by atoms with Crippen molar-refractivity contribution in [2.45, 2.75) is 24.5 Å². The van der Waals surface area contributed by atoms with Crippen LogP contribution in [0.4, 0.5) is 18.9 Å². The van der Waals surface area contributed by atoms with Gasteiger partial charge in [-0.3, -0.25) is 14.1 Å². The summed E-state index contributed by atoms with van der Waals surface area (Å²) in [4.78, 5) is 16.3. The summed E-state index contributed by atoms with van der Waals surface area (Å²) < 4.78 is 67.4. The van der Waals surface area contributed by atoms with E-state index in [1.165, 1.54) is 18.3 Å². The van der Waals surface area contributed by atoms with Crippen molar-refractivity contribution in [3.05, 3.63) is 88.7 Å². The van der Waals surface area contributed by atoms with Crippen molar-refractivity contribution in [2.75, 3.05) is 10.8 Å². The van der Waals surface area contributed by atoms with E-state index >= 15 is 0 Å². The molecule has 0 unspecified atom stereocenters. The summed E-state index contributed by atoms with van der Waals surface area (Å²) in [5, 5.41) is 1.97. The molecule has 0 aliphatic rings. The highest BCUT2D eigenvalue weighted by Crippen LogP contribution is 2.38. The lowest BCUT2D eigenvalue weighted by Gasteiger charge is -2.25. The lowest BCUT2D eigenvalue weighted by molar-refractivity contribution is -0.137. The van der Waals surface area contributed by atoms with Crippen LogP contribution in [0.3, 0.4) is 0 Å². The zero-order valence-corrected chi connectivity index (χ0v) is 18.9. The van der Waals surface area contributed by atoms with Gasteiger partial charge in [0.1, 0.15) is 6.54 Å². The summed E-state index contributed by atoms with van der Waals surface area (Å²) >= 11 is 5.68. The molecule has 1 heterocycles. The molecule has 0 bridgehead atoms. The van der Waals surface area contributed by atoms with E-state index in [4.69, 9.17) is 11.6 Å². The van der Waals surface area contributed by atoms with Gasteiger partial charge in [-0.25, -0.2) is 8.42 Å². The van der Waals surface area contributed by atoms with Crippen molar-refractivity contribution in [2.24, 2.45) is 0 Å². The first kappa shape index (κ1) is 24.5. The van der Waals surface area contributed by atoms with E-state index in [-0.39, 0.29) is 17.1 Å². The van der Waals surface area contributed by atoms with E-state index in [1.807, 2.05) is 0 Å². The predicted octanol–water partition coefficient (Wildman–Crippen LogP) is 4.57. The Bertz CT molecular complexity index is 1240. The number of anilines is 1. The molecule has 174 valence electrons. The van der Waals surface area contributed by atoms with Crippen molar-refractivity contribution < 1.29 is 26.4 Å². The molecule has 1 aromatic heterocycles. The largest absolute Gasteiger partial charge is 0.417 e. The number of aromatic nitrogens is 1. The van der Waals surface area contributed by atoms with Gasteiger partial charge < -0.3 is 5.32 Å². The highest BCUT2D eigenvalue weighted by atomic mass is 35.5. The molecule has 2 aromatic carbocycles. The summed E-state index contributed by atoms with van der Waals surface area (Å²) in [6.07, 6.45) is -1.73. The minimum atomic E-state index is -4.81. The predicted molar refractivity (Wildman–Crippen MR) is 118 cm³/mol. The average Bonchev–Trinajstić information content (AvgIpc) is 2.77. The van der Waals surface area contributed by atoms with E-state index in [1.54, 1.807) is 37.4 Å². The third kappa shape index (κ3) is 6.02. The van der Waals surface area contributed by atoms with Crippen LogP contribution in [0.2, 0.25) is 5.02 Å². The Hall–Kier alpha value is -3.11. The van der Waals surface area contributed by atoms with Crippen molar-refractivity contribution in [1.82, 2.24) is 10.3 Å². The van der Waals surface area contributed by atoms with Gasteiger partial charge in [-0.2, -0.15) is 13.2 Å². The van der Waals surface area contributed by atoms with E-state index in [2.05, 4.69) is 10.3 Å². The summed E-state index contributed by atoms with van der Waals surface area (Å²) in [5.74, 6) is -0.710. The zero-order chi connectivity index (χ0) is 24.2. The molecule has 3 rings (SSSR count). The van der Waals surface area contributed by atoms with Crippen LogP contribution in [-0.2, 0) is 27.5 Å². The number of nitrogens with zero attached hydrogens (tertiary/aromatic N) is 2. The highest BCUT2D eigenvalue weighted by molar-refractivity contribution is 7.92. The van der Waals surface area contributed by atoms with Crippen LogP contribution in [0.5, 0.6) is 0 Å². The van der Waals surface area contributed by atoms with Gasteiger partial charge in [0, 0.05) is 18.9 Å². The average molecular weight is 498 g/mol. The van der Waals surface area contributed by atoms with Gasteiger partial charge in [-0.1, -0.05) is 35.4 Å². The number of halogens is 4. The van der Waals surface area contributed by atoms with E-state index in [0.717, 1.165) is 17.7 Å². The second-order valence-corrected chi connectivity index (χ2v) is 9.39. The molecule has 0 atom stereocenters. The van der Waals surface area contributed by atoms with Crippen molar-refractivity contribution in [1.29, 1.82) is 0 Å². The number of pyridine rings is 1. The number of sulfonamides is 1. The first-order valence-electron chi connectivity index (χ1n) is 9.60. The molecule has 0 radical (unpaired) electrons. The van der Waals surface area contributed by atoms with E-state index in [0.29, 0.717) is 15.9 Å². The molecule has 0 fully saturated rings. The minimum Gasteiger partial charge on any atom is -0.350 e. The monoisotopic (exact) mass is 497 g/mol. The summed E-state index contributed by atoms with van der Waals surface area (Å²) in [6, 6.07) is 11.8. The third-order valence-corrected chi connectivity index (χ3v) is 6.77. The Morgan fingerprint density at radius 1 is 1.12 bits per heavy atom. The molecular weight excluding hydrogens is 479 g/mol. The molecule has 0 spiro atoms. The Kier molecular flexibility index (Phi) is 7.28. The maximum absolute atomic E-state index is 13.4. The van der Waals surface area contributed by atoms with Crippen LogP contribution in [-0.4, -0.2) is 25.9 Å².